The molecule has 0 spiro atoms. The van der Waals surface area contributed by atoms with Gasteiger partial charge in [0, 0.05) is 18.8 Å². The van der Waals surface area contributed by atoms with Gasteiger partial charge in [0.25, 0.3) is 0 Å². The van der Waals surface area contributed by atoms with Crippen molar-refractivity contribution < 1.29 is 4.74 Å². The van der Waals surface area contributed by atoms with E-state index < -0.39 is 0 Å². The van der Waals surface area contributed by atoms with Gasteiger partial charge < -0.3 is 15.0 Å². The Hall–Kier alpha value is -2.74. The van der Waals surface area contributed by atoms with Gasteiger partial charge >= 0.3 is 0 Å². The SMILES string of the molecule is Cc1ccc(Nc2nc(N3CCOCC3)nc3n[nH]nc23)cc1. The third-order valence-electron chi connectivity index (χ3n) is 3.78. The zero-order chi connectivity index (χ0) is 15.6. The van der Waals surface area contributed by atoms with Crippen molar-refractivity contribution in [2.45, 2.75) is 6.92 Å². The molecule has 23 heavy (non-hydrogen) atoms. The molecule has 0 amide bonds. The number of ether oxygens (including phenoxy) is 1. The van der Waals surface area contributed by atoms with E-state index in [9.17, 15) is 0 Å². The van der Waals surface area contributed by atoms with Gasteiger partial charge in [0.2, 0.25) is 11.6 Å². The summed E-state index contributed by atoms with van der Waals surface area (Å²) < 4.78 is 5.38. The first-order chi connectivity index (χ1) is 11.3. The highest BCUT2D eigenvalue weighted by molar-refractivity contribution is 5.85. The van der Waals surface area contributed by atoms with Crippen LogP contribution >= 0.6 is 0 Å². The normalized spacial score (nSPS) is 15.1. The van der Waals surface area contributed by atoms with Crippen LogP contribution in [0.1, 0.15) is 5.56 Å². The van der Waals surface area contributed by atoms with Crippen LogP contribution < -0.4 is 10.2 Å². The average Bonchev–Trinajstić information content (AvgIpc) is 3.06. The van der Waals surface area contributed by atoms with Crippen molar-refractivity contribution in [1.82, 2.24) is 25.4 Å². The van der Waals surface area contributed by atoms with Gasteiger partial charge in [0.05, 0.1) is 13.2 Å². The predicted octanol–water partition coefficient (Wildman–Crippen LogP) is 1.64. The molecule has 1 fully saturated rings. The van der Waals surface area contributed by atoms with Crippen LogP contribution in [-0.4, -0.2) is 51.7 Å². The molecule has 3 heterocycles. The molecule has 3 aromatic rings. The summed E-state index contributed by atoms with van der Waals surface area (Å²) in [5.41, 5.74) is 3.34. The molecule has 1 aliphatic rings. The number of rotatable bonds is 3. The molecule has 0 unspecified atom stereocenters. The molecular formula is C15H17N7O. The maximum Gasteiger partial charge on any atom is 0.229 e. The minimum atomic E-state index is 0.552. The molecular weight excluding hydrogens is 294 g/mol. The van der Waals surface area contributed by atoms with E-state index in [1.165, 1.54) is 5.56 Å². The van der Waals surface area contributed by atoms with Crippen molar-refractivity contribution in [3.63, 3.8) is 0 Å². The second-order valence-corrected chi connectivity index (χ2v) is 5.46. The standard InChI is InChI=1S/C15H17N7O/c1-10-2-4-11(5-3-10)16-13-12-14(20-21-19-12)18-15(17-13)22-6-8-23-9-7-22/h2-5H,6-9H2,1H3,(H2,16,17,18,19,20,21). The number of hydrogen-bond donors (Lipinski definition) is 2. The topological polar surface area (TPSA) is 91.9 Å². The Morgan fingerprint density at radius 1 is 1.09 bits per heavy atom. The summed E-state index contributed by atoms with van der Waals surface area (Å²) in [6.45, 7) is 4.96. The van der Waals surface area contributed by atoms with Crippen molar-refractivity contribution in [2.75, 3.05) is 36.5 Å². The Balaban J connectivity index is 1.71. The van der Waals surface area contributed by atoms with Crippen molar-refractivity contribution in [3.05, 3.63) is 29.8 Å². The van der Waals surface area contributed by atoms with E-state index in [-0.39, 0.29) is 0 Å². The molecule has 0 bridgehead atoms. The minimum Gasteiger partial charge on any atom is -0.378 e. The number of H-pyrrole nitrogens is 1. The summed E-state index contributed by atoms with van der Waals surface area (Å²) in [5.74, 6) is 1.29. The Labute approximate surface area is 132 Å². The molecule has 0 atom stereocenters. The van der Waals surface area contributed by atoms with Crippen LogP contribution in [0.25, 0.3) is 11.2 Å². The van der Waals surface area contributed by atoms with E-state index in [0.29, 0.717) is 36.1 Å². The maximum atomic E-state index is 5.38. The molecule has 4 rings (SSSR count). The summed E-state index contributed by atoms with van der Waals surface area (Å²) >= 11 is 0. The number of aryl methyl sites for hydroxylation is 1. The van der Waals surface area contributed by atoms with E-state index in [4.69, 9.17) is 4.74 Å². The van der Waals surface area contributed by atoms with Crippen LogP contribution in [0.2, 0.25) is 0 Å². The fourth-order valence-electron chi connectivity index (χ4n) is 2.50. The largest absolute Gasteiger partial charge is 0.378 e. The van der Waals surface area contributed by atoms with Gasteiger partial charge in [-0.05, 0) is 19.1 Å². The summed E-state index contributed by atoms with van der Waals surface area (Å²) in [6.07, 6.45) is 0. The predicted molar refractivity (Wildman–Crippen MR) is 87.0 cm³/mol. The number of nitrogens with one attached hydrogen (secondary N) is 2. The average molecular weight is 311 g/mol. The first-order valence-electron chi connectivity index (χ1n) is 7.54. The highest BCUT2D eigenvalue weighted by atomic mass is 16.5. The zero-order valence-electron chi connectivity index (χ0n) is 12.8. The van der Waals surface area contributed by atoms with Gasteiger partial charge in [0.15, 0.2) is 11.3 Å². The van der Waals surface area contributed by atoms with Crippen LogP contribution in [0.3, 0.4) is 0 Å². The van der Waals surface area contributed by atoms with Gasteiger partial charge in [-0.2, -0.15) is 20.3 Å². The number of fused-ring (bicyclic) bond motifs is 1. The van der Waals surface area contributed by atoms with E-state index in [1.807, 2.05) is 24.3 Å². The van der Waals surface area contributed by atoms with E-state index >= 15 is 0 Å². The molecule has 8 heteroatoms. The van der Waals surface area contributed by atoms with Crippen LogP contribution in [0.4, 0.5) is 17.5 Å². The van der Waals surface area contributed by atoms with Crippen LogP contribution in [0.15, 0.2) is 24.3 Å². The van der Waals surface area contributed by atoms with Crippen molar-refractivity contribution in [2.24, 2.45) is 0 Å². The summed E-state index contributed by atoms with van der Waals surface area (Å²) in [7, 11) is 0. The highest BCUT2D eigenvalue weighted by Crippen LogP contribution is 2.24. The molecule has 0 aliphatic carbocycles. The molecule has 2 N–H and O–H groups in total. The highest BCUT2D eigenvalue weighted by Gasteiger charge is 2.18. The molecule has 8 nitrogen and oxygen atoms in total. The lowest BCUT2D eigenvalue weighted by Crippen LogP contribution is -2.37. The third kappa shape index (κ3) is 2.80. The van der Waals surface area contributed by atoms with Gasteiger partial charge in [-0.25, -0.2) is 0 Å². The maximum absolute atomic E-state index is 5.38. The van der Waals surface area contributed by atoms with Crippen molar-refractivity contribution >= 4 is 28.6 Å². The Morgan fingerprint density at radius 3 is 2.65 bits per heavy atom. The monoisotopic (exact) mass is 311 g/mol. The number of aromatic nitrogens is 5. The van der Waals surface area contributed by atoms with Crippen molar-refractivity contribution in [1.29, 1.82) is 0 Å². The Kier molecular flexibility index (Phi) is 3.51. The number of morpholine rings is 1. The third-order valence-corrected chi connectivity index (χ3v) is 3.78. The molecule has 0 saturated carbocycles. The quantitative estimate of drug-likeness (QED) is 0.759. The number of benzene rings is 1. The molecule has 1 aliphatic heterocycles. The fraction of sp³-hybridized carbons (Fsp3) is 0.333. The minimum absolute atomic E-state index is 0.552. The zero-order valence-corrected chi connectivity index (χ0v) is 12.8. The second-order valence-electron chi connectivity index (χ2n) is 5.46. The first-order valence-corrected chi connectivity index (χ1v) is 7.54. The van der Waals surface area contributed by atoms with Crippen molar-refractivity contribution in [3.8, 4) is 0 Å². The van der Waals surface area contributed by atoms with E-state index in [1.54, 1.807) is 0 Å². The Morgan fingerprint density at radius 2 is 1.87 bits per heavy atom. The molecule has 1 aromatic carbocycles. The second kappa shape index (κ2) is 5.81. The fourth-order valence-corrected chi connectivity index (χ4v) is 2.50. The van der Waals surface area contributed by atoms with Crippen LogP contribution in [0, 0.1) is 6.92 Å². The molecule has 0 radical (unpaired) electrons. The lowest BCUT2D eigenvalue weighted by Gasteiger charge is -2.26. The van der Waals surface area contributed by atoms with Gasteiger partial charge in [-0.3, -0.25) is 0 Å². The van der Waals surface area contributed by atoms with Gasteiger partial charge in [-0.15, -0.1) is 5.10 Å². The summed E-state index contributed by atoms with van der Waals surface area (Å²) in [5, 5.41) is 14.2. The Bertz CT molecular complexity index is 808. The van der Waals surface area contributed by atoms with Gasteiger partial charge in [0.1, 0.15) is 0 Å². The van der Waals surface area contributed by atoms with Gasteiger partial charge in [-0.1, -0.05) is 17.7 Å². The number of aromatic amines is 1. The number of hydrogen-bond acceptors (Lipinski definition) is 7. The molecule has 2 aromatic heterocycles. The van der Waals surface area contributed by atoms with E-state index in [2.05, 4.69) is 42.5 Å². The van der Waals surface area contributed by atoms with Crippen LogP contribution in [-0.2, 0) is 4.74 Å². The molecule has 118 valence electrons. The smallest absolute Gasteiger partial charge is 0.229 e. The summed E-state index contributed by atoms with van der Waals surface area (Å²) in [6, 6.07) is 8.12. The lowest BCUT2D eigenvalue weighted by molar-refractivity contribution is 0.122. The first kappa shape index (κ1) is 13.9. The lowest BCUT2D eigenvalue weighted by atomic mass is 10.2. The molecule has 1 saturated heterocycles. The van der Waals surface area contributed by atoms with Crippen LogP contribution in [0.5, 0.6) is 0 Å². The number of anilines is 3. The number of nitrogens with zero attached hydrogens (tertiary/aromatic N) is 5. The van der Waals surface area contributed by atoms with E-state index in [0.717, 1.165) is 18.8 Å². The summed E-state index contributed by atoms with van der Waals surface area (Å²) in [4.78, 5) is 11.2.